The van der Waals surface area contributed by atoms with Gasteiger partial charge in [0.15, 0.2) is 0 Å². The van der Waals surface area contributed by atoms with Crippen LogP contribution in [0.5, 0.6) is 0 Å². The average molecular weight is 337 g/mol. The molecule has 3 rings (SSSR count). The van der Waals surface area contributed by atoms with Crippen molar-refractivity contribution in [1.29, 1.82) is 0 Å². The molecular weight excluding hydrogens is 310 g/mol. The topological polar surface area (TPSA) is 58.4 Å². The molecule has 3 N–H and O–H groups in total. The van der Waals surface area contributed by atoms with Gasteiger partial charge >= 0.3 is 0 Å². The number of anilines is 1. The van der Waals surface area contributed by atoms with Gasteiger partial charge in [0.05, 0.1) is 0 Å². The van der Waals surface area contributed by atoms with E-state index in [1.165, 1.54) is 37.9 Å². The zero-order chi connectivity index (χ0) is 17.5. The van der Waals surface area contributed by atoms with E-state index >= 15 is 0 Å². The summed E-state index contributed by atoms with van der Waals surface area (Å²) < 4.78 is 0. The van der Waals surface area contributed by atoms with E-state index in [1.54, 1.807) is 0 Å². The highest BCUT2D eigenvalue weighted by molar-refractivity contribution is 6.04. The number of rotatable bonds is 6. The van der Waals surface area contributed by atoms with E-state index in [9.17, 15) is 4.79 Å². The van der Waals surface area contributed by atoms with Crippen molar-refractivity contribution in [2.45, 2.75) is 32.2 Å². The van der Waals surface area contributed by atoms with Gasteiger partial charge in [-0.2, -0.15) is 0 Å². The molecule has 1 aliphatic rings. The number of likely N-dealkylation sites (tertiary alicyclic amines) is 1. The highest BCUT2D eigenvalue weighted by atomic mass is 16.1. The summed E-state index contributed by atoms with van der Waals surface area (Å²) in [6.07, 6.45) is 5.10. The normalized spacial score (nSPS) is 15.1. The van der Waals surface area contributed by atoms with Gasteiger partial charge < -0.3 is 16.0 Å². The summed E-state index contributed by atoms with van der Waals surface area (Å²) in [5.41, 5.74) is 9.37. The standard InChI is InChI=1S/C21H27N3O/c22-16-18-5-4-6-19(15-18)21(25)23-20-9-7-17(8-10-20)11-14-24-12-2-1-3-13-24/h4-10,15H,1-3,11-14,16,22H2,(H,23,25). The predicted molar refractivity (Wildman–Crippen MR) is 103 cm³/mol. The van der Waals surface area contributed by atoms with Crippen LogP contribution < -0.4 is 11.1 Å². The van der Waals surface area contributed by atoms with E-state index in [1.807, 2.05) is 36.4 Å². The lowest BCUT2D eigenvalue weighted by molar-refractivity contribution is 0.102. The summed E-state index contributed by atoms with van der Waals surface area (Å²) in [5.74, 6) is -0.101. The maximum atomic E-state index is 12.3. The smallest absolute Gasteiger partial charge is 0.255 e. The lowest BCUT2D eigenvalue weighted by atomic mass is 10.1. The quantitative estimate of drug-likeness (QED) is 0.849. The fourth-order valence-corrected chi connectivity index (χ4v) is 3.27. The number of nitrogens with two attached hydrogens (primary N) is 1. The Morgan fingerprint density at radius 2 is 1.76 bits per heavy atom. The van der Waals surface area contributed by atoms with E-state index < -0.39 is 0 Å². The van der Waals surface area contributed by atoms with Crippen LogP contribution in [0.15, 0.2) is 48.5 Å². The Kier molecular flexibility index (Phi) is 6.20. The summed E-state index contributed by atoms with van der Waals surface area (Å²) >= 11 is 0. The van der Waals surface area contributed by atoms with Gasteiger partial charge in [0.2, 0.25) is 0 Å². The van der Waals surface area contributed by atoms with Gasteiger partial charge in [-0.25, -0.2) is 0 Å². The summed E-state index contributed by atoms with van der Waals surface area (Å²) in [4.78, 5) is 14.9. The van der Waals surface area contributed by atoms with E-state index in [4.69, 9.17) is 5.73 Å². The molecule has 4 heteroatoms. The number of nitrogens with one attached hydrogen (secondary N) is 1. The summed E-state index contributed by atoms with van der Waals surface area (Å²) in [7, 11) is 0. The second-order valence-electron chi connectivity index (χ2n) is 6.71. The number of carbonyl (C=O) groups excluding carboxylic acids is 1. The van der Waals surface area contributed by atoms with Crippen LogP contribution >= 0.6 is 0 Å². The Morgan fingerprint density at radius 1 is 1.00 bits per heavy atom. The molecule has 0 saturated carbocycles. The lowest BCUT2D eigenvalue weighted by Gasteiger charge is -2.26. The van der Waals surface area contributed by atoms with Crippen LogP contribution in [0, 0.1) is 0 Å². The van der Waals surface area contributed by atoms with Gasteiger partial charge in [-0.15, -0.1) is 0 Å². The number of hydrogen-bond donors (Lipinski definition) is 2. The first-order valence-corrected chi connectivity index (χ1v) is 9.16. The molecule has 2 aromatic rings. The fourth-order valence-electron chi connectivity index (χ4n) is 3.27. The zero-order valence-electron chi connectivity index (χ0n) is 14.7. The zero-order valence-corrected chi connectivity index (χ0v) is 14.7. The molecule has 1 heterocycles. The highest BCUT2D eigenvalue weighted by Gasteiger charge is 2.10. The third-order valence-electron chi connectivity index (χ3n) is 4.80. The van der Waals surface area contributed by atoms with Crippen molar-refractivity contribution in [2.24, 2.45) is 5.73 Å². The van der Waals surface area contributed by atoms with Gasteiger partial charge in [-0.05, 0) is 67.7 Å². The van der Waals surface area contributed by atoms with Crippen molar-refractivity contribution in [3.05, 3.63) is 65.2 Å². The maximum Gasteiger partial charge on any atom is 0.255 e. The number of nitrogens with zero attached hydrogens (tertiary/aromatic N) is 1. The van der Waals surface area contributed by atoms with Crippen LogP contribution in [-0.2, 0) is 13.0 Å². The molecule has 132 valence electrons. The number of piperidine rings is 1. The average Bonchev–Trinajstić information content (AvgIpc) is 2.68. The van der Waals surface area contributed by atoms with Crippen LogP contribution in [0.2, 0.25) is 0 Å². The number of carbonyl (C=O) groups is 1. The summed E-state index contributed by atoms with van der Waals surface area (Å²) in [6.45, 7) is 4.02. The maximum absolute atomic E-state index is 12.3. The minimum atomic E-state index is -0.101. The van der Waals surface area contributed by atoms with Gasteiger partial charge in [-0.1, -0.05) is 30.7 Å². The van der Waals surface area contributed by atoms with Crippen LogP contribution in [0.4, 0.5) is 5.69 Å². The van der Waals surface area contributed by atoms with Crippen molar-refractivity contribution < 1.29 is 4.79 Å². The molecule has 0 aliphatic carbocycles. The molecule has 0 spiro atoms. The SMILES string of the molecule is NCc1cccc(C(=O)Nc2ccc(CCN3CCCCC3)cc2)c1. The van der Waals surface area contributed by atoms with E-state index in [0.717, 1.165) is 24.2 Å². The van der Waals surface area contributed by atoms with Crippen molar-refractivity contribution in [3.63, 3.8) is 0 Å². The molecule has 4 nitrogen and oxygen atoms in total. The van der Waals surface area contributed by atoms with Crippen LogP contribution in [0.3, 0.4) is 0 Å². The molecule has 0 aromatic heterocycles. The largest absolute Gasteiger partial charge is 0.326 e. The monoisotopic (exact) mass is 337 g/mol. The first-order chi connectivity index (χ1) is 12.2. The molecular formula is C21H27N3O. The van der Waals surface area contributed by atoms with Crippen LogP contribution in [0.1, 0.15) is 40.7 Å². The number of benzene rings is 2. The molecule has 1 aliphatic heterocycles. The molecule has 1 fully saturated rings. The Labute approximate surface area is 150 Å². The lowest BCUT2D eigenvalue weighted by Crippen LogP contribution is -2.31. The van der Waals surface area contributed by atoms with Gasteiger partial charge in [0, 0.05) is 24.3 Å². The van der Waals surface area contributed by atoms with Gasteiger partial charge in [0.25, 0.3) is 5.91 Å². The Bertz CT molecular complexity index is 691. The van der Waals surface area contributed by atoms with E-state index in [-0.39, 0.29) is 5.91 Å². The molecule has 0 bridgehead atoms. The second-order valence-corrected chi connectivity index (χ2v) is 6.71. The Balaban J connectivity index is 1.53. The molecule has 2 aromatic carbocycles. The first kappa shape index (κ1) is 17.6. The van der Waals surface area contributed by atoms with Crippen LogP contribution in [0.25, 0.3) is 0 Å². The minimum absolute atomic E-state index is 0.101. The molecule has 25 heavy (non-hydrogen) atoms. The van der Waals surface area contributed by atoms with E-state index in [2.05, 4.69) is 22.3 Å². The fraction of sp³-hybridized carbons (Fsp3) is 0.381. The van der Waals surface area contributed by atoms with E-state index in [0.29, 0.717) is 12.1 Å². The Hall–Kier alpha value is -2.17. The Morgan fingerprint density at radius 3 is 2.48 bits per heavy atom. The van der Waals surface area contributed by atoms with Crippen molar-refractivity contribution in [1.82, 2.24) is 4.90 Å². The summed E-state index contributed by atoms with van der Waals surface area (Å²) in [6, 6.07) is 15.6. The predicted octanol–water partition coefficient (Wildman–Crippen LogP) is 3.43. The number of hydrogen-bond acceptors (Lipinski definition) is 3. The second kappa shape index (κ2) is 8.79. The third kappa shape index (κ3) is 5.15. The molecule has 1 saturated heterocycles. The van der Waals surface area contributed by atoms with Crippen LogP contribution in [-0.4, -0.2) is 30.4 Å². The van der Waals surface area contributed by atoms with Gasteiger partial charge in [0.1, 0.15) is 0 Å². The molecule has 0 radical (unpaired) electrons. The van der Waals surface area contributed by atoms with Crippen molar-refractivity contribution in [3.8, 4) is 0 Å². The summed E-state index contributed by atoms with van der Waals surface area (Å²) in [5, 5.41) is 2.95. The molecule has 0 unspecified atom stereocenters. The first-order valence-electron chi connectivity index (χ1n) is 9.16. The minimum Gasteiger partial charge on any atom is -0.326 e. The van der Waals surface area contributed by atoms with Crippen molar-refractivity contribution in [2.75, 3.05) is 25.0 Å². The molecule has 1 amide bonds. The third-order valence-corrected chi connectivity index (χ3v) is 4.80. The van der Waals surface area contributed by atoms with Crippen molar-refractivity contribution >= 4 is 11.6 Å². The molecule has 0 atom stereocenters. The number of amides is 1. The van der Waals surface area contributed by atoms with Gasteiger partial charge in [-0.3, -0.25) is 4.79 Å². The highest BCUT2D eigenvalue weighted by Crippen LogP contribution is 2.14.